The minimum absolute atomic E-state index is 0.438. The molecule has 1 N–H and O–H groups in total. The van der Waals surface area contributed by atoms with E-state index in [1.54, 1.807) is 12.2 Å². The molecular weight excluding hydrogens is 296 g/mol. The van der Waals surface area contributed by atoms with Gasteiger partial charge in [-0.25, -0.2) is 0 Å². The molecule has 0 aliphatic carbocycles. The summed E-state index contributed by atoms with van der Waals surface area (Å²) in [5, 5.41) is 9.76. The number of unbranched alkanes of at least 4 members (excludes halogenated alkanes) is 1. The molecule has 0 heterocycles. The molecule has 1 aromatic carbocycles. The van der Waals surface area contributed by atoms with Gasteiger partial charge in [0.1, 0.15) is 11.9 Å². The van der Waals surface area contributed by atoms with Crippen molar-refractivity contribution in [3.63, 3.8) is 0 Å². The van der Waals surface area contributed by atoms with Gasteiger partial charge >= 0.3 is 0 Å². The third-order valence-electron chi connectivity index (χ3n) is 3.12. The number of hydrogen-bond acceptors (Lipinski definition) is 2. The lowest BCUT2D eigenvalue weighted by atomic mass is 10.2. The van der Waals surface area contributed by atoms with E-state index in [9.17, 15) is 5.11 Å². The zero-order valence-corrected chi connectivity index (χ0v) is 14.6. The standard InChI is InChI=1S/C22H26O2/c1-3-4-5-6-7-8-9-10-11-12-13-21(23)18-19-24-22-16-14-20(2)15-17-22/h4-5,10-11,14-17,21,23H,3,6-7,18-19H2,1-2H3/b5-4-,11-10-/t21-/m1/s1. The van der Waals surface area contributed by atoms with Gasteiger partial charge in [-0.1, -0.05) is 60.5 Å². The number of allylic oxidation sites excluding steroid dienone is 4. The first-order valence-corrected chi connectivity index (χ1v) is 8.39. The number of aliphatic hydroxyl groups is 1. The molecule has 2 nitrogen and oxygen atoms in total. The Bertz CT molecular complexity index is 631. The van der Waals surface area contributed by atoms with E-state index in [0.29, 0.717) is 13.0 Å². The Morgan fingerprint density at radius 3 is 2.62 bits per heavy atom. The molecule has 0 aromatic heterocycles. The highest BCUT2D eigenvalue weighted by Crippen LogP contribution is 2.11. The van der Waals surface area contributed by atoms with Crippen molar-refractivity contribution in [2.24, 2.45) is 0 Å². The van der Waals surface area contributed by atoms with Crippen LogP contribution in [0.2, 0.25) is 0 Å². The molecule has 1 atom stereocenters. The van der Waals surface area contributed by atoms with Crippen molar-refractivity contribution >= 4 is 0 Å². The van der Waals surface area contributed by atoms with Crippen molar-refractivity contribution < 1.29 is 9.84 Å². The smallest absolute Gasteiger partial charge is 0.119 e. The van der Waals surface area contributed by atoms with Crippen molar-refractivity contribution in [1.82, 2.24) is 0 Å². The van der Waals surface area contributed by atoms with Crippen molar-refractivity contribution in [2.75, 3.05) is 6.61 Å². The molecule has 0 amide bonds. The van der Waals surface area contributed by atoms with Gasteiger partial charge in [0.25, 0.3) is 0 Å². The normalized spacial score (nSPS) is 11.6. The minimum Gasteiger partial charge on any atom is -0.493 e. The van der Waals surface area contributed by atoms with Crippen LogP contribution < -0.4 is 4.74 Å². The molecular formula is C22H26O2. The van der Waals surface area contributed by atoms with E-state index in [1.807, 2.05) is 31.2 Å². The first kappa shape index (κ1) is 19.6. The number of aliphatic hydroxyl groups excluding tert-OH is 1. The highest BCUT2D eigenvalue weighted by atomic mass is 16.5. The molecule has 0 saturated heterocycles. The third-order valence-corrected chi connectivity index (χ3v) is 3.12. The Balaban J connectivity index is 2.18. The van der Waals surface area contributed by atoms with Crippen molar-refractivity contribution in [3.8, 4) is 29.4 Å². The molecule has 0 bridgehead atoms. The summed E-state index contributed by atoms with van der Waals surface area (Å²) in [5.41, 5.74) is 1.19. The highest BCUT2D eigenvalue weighted by molar-refractivity contribution is 5.27. The number of rotatable bonds is 7. The molecule has 0 spiro atoms. The van der Waals surface area contributed by atoms with Crippen molar-refractivity contribution in [3.05, 3.63) is 54.1 Å². The van der Waals surface area contributed by atoms with Crippen LogP contribution in [0.25, 0.3) is 0 Å². The summed E-state index contributed by atoms with van der Waals surface area (Å²) in [6, 6.07) is 7.84. The van der Waals surface area contributed by atoms with E-state index in [-0.39, 0.29) is 0 Å². The second-order valence-electron chi connectivity index (χ2n) is 5.33. The molecule has 24 heavy (non-hydrogen) atoms. The van der Waals surface area contributed by atoms with E-state index >= 15 is 0 Å². The van der Waals surface area contributed by atoms with Crippen LogP contribution in [0.4, 0.5) is 0 Å². The first-order valence-electron chi connectivity index (χ1n) is 8.39. The molecule has 0 saturated carbocycles. The summed E-state index contributed by atoms with van der Waals surface area (Å²) < 4.78 is 5.56. The molecule has 1 rings (SSSR count). The van der Waals surface area contributed by atoms with Crippen LogP contribution in [0, 0.1) is 30.6 Å². The van der Waals surface area contributed by atoms with Gasteiger partial charge < -0.3 is 9.84 Å². The molecule has 0 aliphatic rings. The lowest BCUT2D eigenvalue weighted by Gasteiger charge is -2.07. The summed E-state index contributed by atoms with van der Waals surface area (Å²) in [6.45, 7) is 4.59. The maximum atomic E-state index is 9.76. The van der Waals surface area contributed by atoms with Crippen molar-refractivity contribution in [1.29, 1.82) is 0 Å². The number of ether oxygens (including phenoxy) is 1. The van der Waals surface area contributed by atoms with Crippen molar-refractivity contribution in [2.45, 2.75) is 45.6 Å². The maximum Gasteiger partial charge on any atom is 0.119 e. The van der Waals surface area contributed by atoms with Gasteiger partial charge in [0.2, 0.25) is 0 Å². The number of aryl methyl sites for hydroxylation is 1. The summed E-state index contributed by atoms with van der Waals surface area (Å²) >= 11 is 0. The first-order chi connectivity index (χ1) is 11.7. The lowest BCUT2D eigenvalue weighted by Crippen LogP contribution is -2.09. The van der Waals surface area contributed by atoms with E-state index in [0.717, 1.165) is 25.0 Å². The number of benzene rings is 1. The summed E-state index contributed by atoms with van der Waals surface area (Å²) in [7, 11) is 0. The van der Waals surface area contributed by atoms with Gasteiger partial charge in [-0.2, -0.15) is 0 Å². The highest BCUT2D eigenvalue weighted by Gasteiger charge is 1.99. The fourth-order valence-corrected chi connectivity index (χ4v) is 1.79. The topological polar surface area (TPSA) is 29.5 Å². The predicted molar refractivity (Wildman–Crippen MR) is 101 cm³/mol. The van der Waals surface area contributed by atoms with Gasteiger partial charge in [-0.15, -0.1) is 0 Å². The van der Waals surface area contributed by atoms with E-state index in [4.69, 9.17) is 4.74 Å². The second-order valence-corrected chi connectivity index (χ2v) is 5.33. The van der Waals surface area contributed by atoms with Crippen LogP contribution >= 0.6 is 0 Å². The Morgan fingerprint density at radius 1 is 1.12 bits per heavy atom. The average molecular weight is 322 g/mol. The molecule has 1 aromatic rings. The van der Waals surface area contributed by atoms with Gasteiger partial charge in [-0.3, -0.25) is 0 Å². The Kier molecular flexibility index (Phi) is 10.7. The maximum absolute atomic E-state index is 9.76. The molecule has 0 fully saturated rings. The van der Waals surface area contributed by atoms with E-state index in [2.05, 4.69) is 42.8 Å². The molecule has 0 radical (unpaired) electrons. The quantitative estimate of drug-likeness (QED) is 0.457. The SMILES string of the molecule is CC/C=C\CCC#C/C=C\C#C[C@@H](O)CCOc1ccc(C)cc1. The summed E-state index contributed by atoms with van der Waals surface area (Å²) in [5.74, 6) is 12.3. The third kappa shape index (κ3) is 10.3. The van der Waals surface area contributed by atoms with Crippen LogP contribution in [-0.4, -0.2) is 17.8 Å². The second kappa shape index (κ2) is 13.1. The predicted octanol–water partition coefficient (Wildman–Crippen LogP) is 4.43. The average Bonchev–Trinajstić information content (AvgIpc) is 2.58. The minimum atomic E-state index is -0.688. The molecule has 0 unspecified atom stereocenters. The fraction of sp³-hybridized carbons (Fsp3) is 0.364. The van der Waals surface area contributed by atoms with E-state index in [1.165, 1.54) is 5.56 Å². The Labute approximate surface area is 146 Å². The summed E-state index contributed by atoms with van der Waals surface area (Å²) in [6.07, 6.45) is 10.4. The molecule has 126 valence electrons. The zero-order chi connectivity index (χ0) is 17.5. The summed E-state index contributed by atoms with van der Waals surface area (Å²) in [4.78, 5) is 0. The largest absolute Gasteiger partial charge is 0.493 e. The Hall–Kier alpha value is -2.42. The van der Waals surface area contributed by atoms with Gasteiger partial charge in [0.15, 0.2) is 0 Å². The van der Waals surface area contributed by atoms with E-state index < -0.39 is 6.10 Å². The van der Waals surface area contributed by atoms with Crippen LogP contribution in [0.3, 0.4) is 0 Å². The van der Waals surface area contributed by atoms with Gasteiger partial charge in [-0.05, 0) is 44.1 Å². The monoisotopic (exact) mass is 322 g/mol. The van der Waals surface area contributed by atoms with Crippen LogP contribution in [0.1, 0.15) is 38.2 Å². The van der Waals surface area contributed by atoms with Crippen LogP contribution in [-0.2, 0) is 0 Å². The zero-order valence-electron chi connectivity index (χ0n) is 14.6. The van der Waals surface area contributed by atoms with Crippen LogP contribution in [0.5, 0.6) is 5.75 Å². The van der Waals surface area contributed by atoms with Gasteiger partial charge in [0, 0.05) is 12.8 Å². The molecule has 0 aliphatic heterocycles. The van der Waals surface area contributed by atoms with Gasteiger partial charge in [0.05, 0.1) is 6.61 Å². The Morgan fingerprint density at radius 2 is 1.88 bits per heavy atom. The fourth-order valence-electron chi connectivity index (χ4n) is 1.79. The van der Waals surface area contributed by atoms with Crippen LogP contribution in [0.15, 0.2) is 48.6 Å². The number of hydrogen-bond donors (Lipinski definition) is 1. The lowest BCUT2D eigenvalue weighted by molar-refractivity contribution is 0.185. The molecule has 2 heteroatoms.